The van der Waals surface area contributed by atoms with E-state index < -0.39 is 41.9 Å². The number of allylic oxidation sites excluding steroid dienone is 2. The van der Waals surface area contributed by atoms with Gasteiger partial charge in [-0.2, -0.15) is 16.8 Å². The standard InChI is InChI=1S/C28H34O8S2/c1-25(2)19-9-11-27(25,21(29)15-19)23(37(31,32)33)13-17-5-7-18(8-6-17)14-24(38(34,35)36)28-12-10-20(16-22(28)30)26(28,3)4/h5-8,13-14,19-20H,9-12,15-16H2,1-4H3,(H,31,32,33)(H,34,35,36). The summed E-state index contributed by atoms with van der Waals surface area (Å²) in [7, 11) is -9.40. The lowest BCUT2D eigenvalue weighted by Crippen LogP contribution is -2.40. The van der Waals surface area contributed by atoms with Crippen LogP contribution in [0.1, 0.15) is 77.3 Å². The Bertz CT molecular complexity index is 1400. The van der Waals surface area contributed by atoms with Crippen LogP contribution < -0.4 is 0 Å². The molecule has 0 aromatic heterocycles. The maximum absolute atomic E-state index is 13.1. The first-order chi connectivity index (χ1) is 17.4. The first-order valence-corrected chi connectivity index (χ1v) is 15.8. The largest absolute Gasteiger partial charge is 0.299 e. The van der Waals surface area contributed by atoms with Crippen LogP contribution in [0.3, 0.4) is 0 Å². The number of carbonyl (C=O) groups is 2. The van der Waals surface area contributed by atoms with Gasteiger partial charge in [-0.1, -0.05) is 52.0 Å². The zero-order chi connectivity index (χ0) is 28.1. The van der Waals surface area contributed by atoms with E-state index in [1.54, 1.807) is 24.3 Å². The number of hydrogen-bond acceptors (Lipinski definition) is 6. The van der Waals surface area contributed by atoms with Crippen molar-refractivity contribution in [2.24, 2.45) is 33.5 Å². The SMILES string of the molecule is CC1(C)C2CCC1(C(=Cc1ccc(C=C(C34CCC(CC3=O)C4(C)C)S(=O)(=O)O)cc1)S(=O)(=O)O)C(=O)C2. The number of rotatable bonds is 6. The fourth-order valence-electron chi connectivity index (χ4n) is 8.34. The summed E-state index contributed by atoms with van der Waals surface area (Å²) in [6, 6.07) is 6.24. The molecular weight excluding hydrogens is 528 g/mol. The topological polar surface area (TPSA) is 143 Å². The zero-order valence-electron chi connectivity index (χ0n) is 22.0. The molecule has 0 spiro atoms. The minimum absolute atomic E-state index is 0.0450. The molecule has 5 rings (SSSR count). The van der Waals surface area contributed by atoms with E-state index in [1.807, 2.05) is 27.7 Å². The average molecular weight is 563 g/mol. The second-order valence-corrected chi connectivity index (χ2v) is 15.4. The summed E-state index contributed by atoms with van der Waals surface area (Å²) in [5, 5.41) is 0. The predicted molar refractivity (Wildman–Crippen MR) is 143 cm³/mol. The number of carbonyl (C=O) groups excluding carboxylic acids is 2. The highest BCUT2D eigenvalue weighted by Crippen LogP contribution is 2.69. The van der Waals surface area contributed by atoms with Crippen molar-refractivity contribution in [3.63, 3.8) is 0 Å². The Hall–Kier alpha value is -2.14. The van der Waals surface area contributed by atoms with Gasteiger partial charge in [0.15, 0.2) is 0 Å². The highest BCUT2D eigenvalue weighted by atomic mass is 32.2. The third-order valence-electron chi connectivity index (χ3n) is 10.7. The van der Waals surface area contributed by atoms with Gasteiger partial charge in [0.25, 0.3) is 20.2 Å². The van der Waals surface area contributed by atoms with Gasteiger partial charge in [-0.15, -0.1) is 0 Å². The molecule has 4 bridgehead atoms. The average Bonchev–Trinajstić information content (AvgIpc) is 3.34. The summed E-state index contributed by atoms with van der Waals surface area (Å²) in [6.45, 7) is 7.49. The molecule has 4 aliphatic carbocycles. The Balaban J connectivity index is 1.58. The quantitative estimate of drug-likeness (QED) is 0.465. The highest BCUT2D eigenvalue weighted by molar-refractivity contribution is 7.90. The summed E-state index contributed by atoms with van der Waals surface area (Å²) in [5.41, 5.74) is -3.03. The van der Waals surface area contributed by atoms with Crippen LogP contribution in [0.5, 0.6) is 0 Å². The van der Waals surface area contributed by atoms with Gasteiger partial charge in [-0.3, -0.25) is 18.7 Å². The fraction of sp³-hybridized carbons (Fsp3) is 0.571. The molecule has 8 nitrogen and oxygen atoms in total. The van der Waals surface area contributed by atoms with Crippen molar-refractivity contribution >= 4 is 44.0 Å². The van der Waals surface area contributed by atoms with E-state index in [-0.39, 0.29) is 46.1 Å². The van der Waals surface area contributed by atoms with E-state index in [9.17, 15) is 35.5 Å². The van der Waals surface area contributed by atoms with Crippen LogP contribution in [-0.4, -0.2) is 37.5 Å². The van der Waals surface area contributed by atoms with E-state index in [0.717, 1.165) is 0 Å². The van der Waals surface area contributed by atoms with Crippen molar-refractivity contribution in [2.75, 3.05) is 0 Å². The molecule has 10 heteroatoms. The van der Waals surface area contributed by atoms with Crippen LogP contribution in [0, 0.1) is 33.5 Å². The van der Waals surface area contributed by atoms with Crippen LogP contribution in [0.15, 0.2) is 34.1 Å². The second-order valence-electron chi connectivity index (χ2n) is 12.6. The first-order valence-electron chi connectivity index (χ1n) is 12.9. The van der Waals surface area contributed by atoms with Crippen molar-refractivity contribution < 1.29 is 35.5 Å². The molecule has 2 N–H and O–H groups in total. The maximum Gasteiger partial charge on any atom is 0.291 e. The van der Waals surface area contributed by atoms with Crippen molar-refractivity contribution in [3.8, 4) is 0 Å². The normalized spacial score (nSPS) is 34.4. The summed E-state index contributed by atoms with van der Waals surface area (Å²) < 4.78 is 70.7. The lowest BCUT2D eigenvalue weighted by atomic mass is 9.68. The summed E-state index contributed by atoms with van der Waals surface area (Å²) in [4.78, 5) is 25.5. The summed E-state index contributed by atoms with van der Waals surface area (Å²) in [5.74, 6) is -0.275. The van der Waals surface area contributed by atoms with E-state index in [0.29, 0.717) is 36.8 Å². The van der Waals surface area contributed by atoms with Crippen LogP contribution >= 0.6 is 0 Å². The second kappa shape index (κ2) is 8.19. The molecule has 0 heterocycles. The van der Waals surface area contributed by atoms with Gasteiger partial charge >= 0.3 is 0 Å². The van der Waals surface area contributed by atoms with Gasteiger partial charge in [0.05, 0.1) is 20.6 Å². The molecule has 38 heavy (non-hydrogen) atoms. The maximum atomic E-state index is 13.1. The van der Waals surface area contributed by atoms with E-state index >= 15 is 0 Å². The molecule has 1 aromatic carbocycles. The zero-order valence-corrected chi connectivity index (χ0v) is 23.7. The monoisotopic (exact) mass is 562 g/mol. The minimum atomic E-state index is -4.70. The molecule has 4 atom stereocenters. The van der Waals surface area contributed by atoms with Gasteiger partial charge in [0.2, 0.25) is 0 Å². The molecule has 4 aliphatic rings. The fourth-order valence-corrected chi connectivity index (χ4v) is 10.7. The Kier molecular flexibility index (Phi) is 5.91. The van der Waals surface area contributed by atoms with Crippen molar-refractivity contribution in [2.45, 2.75) is 66.2 Å². The molecule has 0 radical (unpaired) electrons. The number of hydrogen-bond donors (Lipinski definition) is 2. The summed E-state index contributed by atoms with van der Waals surface area (Å²) >= 11 is 0. The Morgan fingerprint density at radius 2 is 1.03 bits per heavy atom. The Labute approximate surface area is 224 Å². The highest BCUT2D eigenvalue weighted by Gasteiger charge is 2.68. The summed E-state index contributed by atoms with van der Waals surface area (Å²) in [6.07, 6.45) is 5.30. The third-order valence-corrected chi connectivity index (χ3v) is 12.8. The van der Waals surface area contributed by atoms with E-state index in [1.165, 1.54) is 12.2 Å². The Morgan fingerprint density at radius 1 is 0.711 bits per heavy atom. The molecule has 206 valence electrons. The van der Waals surface area contributed by atoms with Crippen LogP contribution in [0.4, 0.5) is 0 Å². The van der Waals surface area contributed by atoms with E-state index in [2.05, 4.69) is 0 Å². The van der Waals surface area contributed by atoms with Crippen molar-refractivity contribution in [1.29, 1.82) is 0 Å². The first kappa shape index (κ1) is 27.4. The lowest BCUT2D eigenvalue weighted by Gasteiger charge is -2.37. The number of fused-ring (bicyclic) bond motifs is 4. The van der Waals surface area contributed by atoms with Crippen LogP contribution in [0.25, 0.3) is 12.2 Å². The van der Waals surface area contributed by atoms with Gasteiger partial charge in [0.1, 0.15) is 11.6 Å². The number of Topliss-reactive ketones (excluding diaryl/α,β-unsaturated/α-hetero) is 2. The molecular formula is C28H34O8S2. The van der Waals surface area contributed by atoms with Crippen molar-refractivity contribution in [3.05, 3.63) is 45.2 Å². The molecule has 4 unspecified atom stereocenters. The molecule has 4 fully saturated rings. The number of benzene rings is 1. The van der Waals surface area contributed by atoms with Crippen LogP contribution in [0.2, 0.25) is 0 Å². The third kappa shape index (κ3) is 3.52. The molecule has 0 saturated heterocycles. The Morgan fingerprint density at radius 3 is 1.24 bits per heavy atom. The number of ketones is 2. The molecule has 1 aromatic rings. The molecule has 0 aliphatic heterocycles. The lowest BCUT2D eigenvalue weighted by molar-refractivity contribution is -0.127. The van der Waals surface area contributed by atoms with Gasteiger partial charge < -0.3 is 0 Å². The molecule has 0 amide bonds. The van der Waals surface area contributed by atoms with Gasteiger partial charge in [-0.25, -0.2) is 0 Å². The van der Waals surface area contributed by atoms with Crippen LogP contribution in [-0.2, 0) is 29.8 Å². The predicted octanol–water partition coefficient (Wildman–Crippen LogP) is 4.93. The smallest absolute Gasteiger partial charge is 0.291 e. The molecule has 4 saturated carbocycles. The van der Waals surface area contributed by atoms with Crippen molar-refractivity contribution in [1.82, 2.24) is 0 Å². The minimum Gasteiger partial charge on any atom is -0.299 e. The van der Waals surface area contributed by atoms with Gasteiger partial charge in [-0.05, 0) is 71.6 Å². The van der Waals surface area contributed by atoms with Gasteiger partial charge in [0, 0.05) is 12.8 Å². The van der Waals surface area contributed by atoms with E-state index in [4.69, 9.17) is 0 Å².